The Morgan fingerprint density at radius 1 is 0.545 bits per heavy atom. The van der Waals surface area contributed by atoms with Crippen LogP contribution in [0.5, 0.6) is 0 Å². The van der Waals surface area contributed by atoms with Gasteiger partial charge in [0, 0.05) is 0 Å². The fourth-order valence-electron chi connectivity index (χ4n) is 1.44. The van der Waals surface area contributed by atoms with Gasteiger partial charge in [0.25, 0.3) is 0 Å². The van der Waals surface area contributed by atoms with Crippen LogP contribution >= 0.6 is 0 Å². The Bertz CT molecular complexity index is 38.1. The standard InChI is InChI=1S/2C5H9.Bk/c2*1-2-4-5-3-1;/h2*1H,2-5H2;/q2*-1;. The molecule has 2 fully saturated rings. The van der Waals surface area contributed by atoms with Crippen molar-refractivity contribution in [3.05, 3.63) is 12.8 Å². The quantitative estimate of drug-likeness (QED) is 0.560. The van der Waals surface area contributed by atoms with Crippen LogP contribution in [0.3, 0.4) is 0 Å². The van der Waals surface area contributed by atoms with E-state index in [2.05, 4.69) is 12.8 Å². The van der Waals surface area contributed by atoms with Crippen molar-refractivity contribution in [1.29, 1.82) is 0 Å². The second-order valence-corrected chi connectivity index (χ2v) is 3.15. The smallest absolute Gasteiger partial charge is 0 e. The molecule has 0 amide bonds. The van der Waals surface area contributed by atoms with Crippen molar-refractivity contribution in [3.63, 3.8) is 0 Å². The summed E-state index contributed by atoms with van der Waals surface area (Å²) in [5.74, 6) is 0. The van der Waals surface area contributed by atoms with Gasteiger partial charge in [0.05, 0.1) is 0 Å². The Morgan fingerprint density at radius 3 is 0.909 bits per heavy atom. The van der Waals surface area contributed by atoms with E-state index < -0.39 is 0 Å². The number of hydrogen-bond acceptors (Lipinski definition) is 0. The van der Waals surface area contributed by atoms with Crippen molar-refractivity contribution >= 4 is 0 Å². The first-order chi connectivity index (χ1) is 5.00. The van der Waals surface area contributed by atoms with Gasteiger partial charge in [0.1, 0.15) is 0 Å². The zero-order valence-corrected chi connectivity index (χ0v) is 9.92. The van der Waals surface area contributed by atoms with Gasteiger partial charge in [-0.2, -0.15) is 25.7 Å². The predicted molar refractivity (Wildman–Crippen MR) is 45.5 cm³/mol. The normalized spacial score (nSPS) is 21.8. The third kappa shape index (κ3) is 5.44. The van der Waals surface area contributed by atoms with Crippen LogP contribution in [-0.2, 0) is 0 Å². The first-order valence-electron chi connectivity index (χ1n) is 4.63. The largest absolute Gasteiger partial charge is 0.328 e. The van der Waals surface area contributed by atoms with E-state index in [-0.39, 0.29) is 0 Å². The predicted octanol–water partition coefficient (Wildman–Crippen LogP) is 3.53. The Hall–Kier alpha value is -1.00. The van der Waals surface area contributed by atoms with Gasteiger partial charge in [-0.3, -0.25) is 0 Å². The van der Waals surface area contributed by atoms with Crippen molar-refractivity contribution < 1.29 is 0 Å². The molecule has 0 bridgehead atoms. The first kappa shape index (κ1) is 10.0. The van der Waals surface area contributed by atoms with Crippen molar-refractivity contribution in [3.8, 4) is 0 Å². The maximum Gasteiger partial charge on any atom is 0 e. The molecule has 0 N–H and O–H groups in total. The monoisotopic (exact) mass is 385 g/mol. The van der Waals surface area contributed by atoms with Gasteiger partial charge >= 0.3 is 0 Å². The van der Waals surface area contributed by atoms with Crippen LogP contribution < -0.4 is 0 Å². The van der Waals surface area contributed by atoms with Crippen LogP contribution in [0.1, 0.15) is 51.4 Å². The molecule has 1 radical (unpaired) electrons. The first-order valence-corrected chi connectivity index (χ1v) is 4.63. The molecule has 0 spiro atoms. The molecular formula is C10H18Bk-2. The van der Waals surface area contributed by atoms with E-state index in [0.29, 0.717) is 0 Å². The van der Waals surface area contributed by atoms with Crippen molar-refractivity contribution in [2.24, 2.45) is 0 Å². The van der Waals surface area contributed by atoms with Crippen LogP contribution in [0, 0.1) is 12.8 Å². The molecule has 0 heterocycles. The third-order valence-electron chi connectivity index (χ3n) is 2.13. The molecular weight excluding hydrogens is 367 g/mol. The van der Waals surface area contributed by atoms with Crippen LogP contribution in [0.2, 0.25) is 0 Å². The van der Waals surface area contributed by atoms with Gasteiger partial charge < -0.3 is 12.8 Å². The van der Waals surface area contributed by atoms with E-state index >= 15 is 0 Å². The fraction of sp³-hybridized carbons (Fsp3) is 0.800. The SMILES string of the molecule is [Bk].[CH-]1CCCC1.[CH-]1CCCC1. The summed E-state index contributed by atoms with van der Waals surface area (Å²) in [5, 5.41) is 0. The van der Waals surface area contributed by atoms with Gasteiger partial charge in [-0.1, -0.05) is 25.7 Å². The summed E-state index contributed by atoms with van der Waals surface area (Å²) in [7, 11) is 0. The Balaban J connectivity index is 0.000000167. The van der Waals surface area contributed by atoms with Gasteiger partial charge in [-0.25, -0.2) is 0 Å². The molecule has 0 aromatic rings. The molecule has 1 heteroatoms. The molecule has 0 aromatic carbocycles. The molecule has 0 saturated heterocycles. The van der Waals surface area contributed by atoms with E-state index in [9.17, 15) is 0 Å². The molecule has 0 aromatic heterocycles. The van der Waals surface area contributed by atoms with Crippen LogP contribution in [0.15, 0.2) is 0 Å². The molecule has 0 nitrogen and oxygen atoms in total. The van der Waals surface area contributed by atoms with Gasteiger partial charge in [0.15, 0.2) is 0 Å². The molecule has 2 saturated carbocycles. The second-order valence-electron chi connectivity index (χ2n) is 3.15. The zero-order valence-electron chi connectivity index (χ0n) is 7.14. The number of hydrogen-bond donors (Lipinski definition) is 0. The summed E-state index contributed by atoms with van der Waals surface area (Å²) >= 11 is 0. The van der Waals surface area contributed by atoms with Crippen LogP contribution in [0.4, 0.5) is 0 Å². The molecule has 2 aliphatic rings. The summed E-state index contributed by atoms with van der Waals surface area (Å²) < 4.78 is 0. The summed E-state index contributed by atoms with van der Waals surface area (Å²) in [6, 6.07) is 0. The Labute approximate surface area is 65.0 Å². The molecule has 0 atom stereocenters. The average molecular weight is 385 g/mol. The number of rotatable bonds is 0. The van der Waals surface area contributed by atoms with Crippen molar-refractivity contribution in [2.45, 2.75) is 51.4 Å². The minimum Gasteiger partial charge on any atom is -0.328 e. The van der Waals surface area contributed by atoms with E-state index in [1.807, 2.05) is 0 Å². The maximum atomic E-state index is 2.36. The minimum atomic E-state index is 0. The van der Waals surface area contributed by atoms with Gasteiger partial charge in [0.2, 0.25) is 0 Å². The summed E-state index contributed by atoms with van der Waals surface area (Å²) in [6.07, 6.45) is 16.0. The molecule has 2 aliphatic carbocycles. The van der Waals surface area contributed by atoms with Crippen molar-refractivity contribution in [2.75, 3.05) is 0 Å². The van der Waals surface area contributed by atoms with Crippen molar-refractivity contribution in [1.82, 2.24) is 0 Å². The Kier molecular flexibility index (Phi) is 6.46. The molecule has 0 aliphatic heterocycles. The molecule has 69 valence electrons. The maximum absolute atomic E-state index is 2.36. The van der Waals surface area contributed by atoms with Gasteiger partial charge in [-0.05, 0) is 0 Å². The molecule has 0 unspecified atom stereocenters. The summed E-state index contributed by atoms with van der Waals surface area (Å²) in [6.45, 7) is 0. The summed E-state index contributed by atoms with van der Waals surface area (Å²) in [4.78, 5) is 0. The third-order valence-corrected chi connectivity index (χ3v) is 2.13. The van der Waals surface area contributed by atoms with E-state index in [1.165, 1.54) is 51.4 Å². The topological polar surface area (TPSA) is 0 Å². The minimum absolute atomic E-state index is 0. The average Bonchev–Trinajstić information content (AvgIpc) is 2.67. The van der Waals surface area contributed by atoms with Crippen LogP contribution in [-0.4, -0.2) is 0 Å². The van der Waals surface area contributed by atoms with Crippen LogP contribution in [0.25, 0.3) is 0 Å². The molecule has 11 heavy (non-hydrogen) atoms. The Morgan fingerprint density at radius 2 is 0.818 bits per heavy atom. The van der Waals surface area contributed by atoms with E-state index in [4.69, 9.17) is 0 Å². The van der Waals surface area contributed by atoms with E-state index in [0.717, 1.165) is 0 Å². The second kappa shape index (κ2) is 7.11. The fourth-order valence-corrected chi connectivity index (χ4v) is 1.44. The van der Waals surface area contributed by atoms with Gasteiger partial charge in [-0.15, -0.1) is 0 Å². The summed E-state index contributed by atoms with van der Waals surface area (Å²) in [5.41, 5.74) is 0. The zero-order chi connectivity index (χ0) is 7.07. The molecule has 2 rings (SSSR count). The van der Waals surface area contributed by atoms with E-state index in [1.54, 1.807) is 0 Å².